The van der Waals surface area contributed by atoms with Crippen LogP contribution >= 0.6 is 46.4 Å². The van der Waals surface area contributed by atoms with Crippen LogP contribution in [0.3, 0.4) is 0 Å². The van der Waals surface area contributed by atoms with Gasteiger partial charge in [0.2, 0.25) is 11.8 Å². The molecule has 35 heavy (non-hydrogen) atoms. The minimum absolute atomic E-state index is 0.0349. The summed E-state index contributed by atoms with van der Waals surface area (Å²) < 4.78 is 0. The van der Waals surface area contributed by atoms with Crippen molar-refractivity contribution in [3.05, 3.63) is 67.6 Å². The Morgan fingerprint density at radius 2 is 1.63 bits per heavy atom. The van der Waals surface area contributed by atoms with Crippen LogP contribution in [0, 0.1) is 0 Å². The van der Waals surface area contributed by atoms with Gasteiger partial charge in [-0.05, 0) is 61.6 Å². The number of nitrogens with two attached hydrogens (primary N) is 1. The number of halogens is 4. The van der Waals surface area contributed by atoms with Crippen molar-refractivity contribution in [1.29, 1.82) is 0 Å². The van der Waals surface area contributed by atoms with Crippen LogP contribution in [-0.4, -0.2) is 52.8 Å². The summed E-state index contributed by atoms with van der Waals surface area (Å²) in [5.41, 5.74) is 8.16. The van der Waals surface area contributed by atoms with E-state index in [0.29, 0.717) is 52.4 Å². The zero-order chi connectivity index (χ0) is 25.7. The minimum Gasteiger partial charge on any atom is -0.336 e. The smallest absolute Gasteiger partial charge is 0.245 e. The molecule has 2 aromatic carbocycles. The van der Waals surface area contributed by atoms with Crippen LogP contribution in [0.15, 0.2) is 36.4 Å². The van der Waals surface area contributed by atoms with Gasteiger partial charge in [-0.25, -0.2) is 0 Å². The highest BCUT2D eigenvalue weighted by Crippen LogP contribution is 2.26. The first-order valence-electron chi connectivity index (χ1n) is 11.9. The van der Waals surface area contributed by atoms with Crippen molar-refractivity contribution in [2.45, 2.75) is 64.1 Å². The minimum atomic E-state index is -0.779. The largest absolute Gasteiger partial charge is 0.336 e. The Kier molecular flexibility index (Phi) is 10.1. The fourth-order valence-electron chi connectivity index (χ4n) is 4.47. The van der Waals surface area contributed by atoms with E-state index >= 15 is 0 Å². The zero-order valence-corrected chi connectivity index (χ0v) is 23.0. The molecule has 0 saturated carbocycles. The Labute approximate surface area is 227 Å². The maximum absolute atomic E-state index is 13.6. The summed E-state index contributed by atoms with van der Waals surface area (Å²) in [6.07, 6.45) is 3.35. The lowest BCUT2D eigenvalue weighted by Gasteiger charge is -2.45. The molecule has 1 unspecified atom stereocenters. The number of unbranched alkanes of at least 4 members (excludes halogenated alkanes) is 1. The molecule has 0 spiro atoms. The summed E-state index contributed by atoms with van der Waals surface area (Å²) in [6.45, 7) is 5.01. The van der Waals surface area contributed by atoms with E-state index in [1.165, 1.54) is 0 Å². The van der Waals surface area contributed by atoms with Crippen LogP contribution in [0.2, 0.25) is 20.1 Å². The lowest BCUT2D eigenvalue weighted by atomic mass is 9.97. The topological polar surface area (TPSA) is 66.6 Å². The van der Waals surface area contributed by atoms with E-state index in [1.807, 2.05) is 30.0 Å². The van der Waals surface area contributed by atoms with Crippen molar-refractivity contribution >= 4 is 58.2 Å². The molecule has 1 fully saturated rings. The lowest BCUT2D eigenvalue weighted by Crippen LogP contribution is -2.64. The molecule has 1 saturated heterocycles. The Hall–Kier alpha value is -1.50. The highest BCUT2D eigenvalue weighted by Gasteiger charge is 2.41. The summed E-state index contributed by atoms with van der Waals surface area (Å²) >= 11 is 24.3. The van der Waals surface area contributed by atoms with Crippen LogP contribution in [0.1, 0.15) is 44.2 Å². The normalized spacial score (nSPS) is 19.2. The van der Waals surface area contributed by atoms with Crippen molar-refractivity contribution in [2.75, 3.05) is 13.1 Å². The van der Waals surface area contributed by atoms with Crippen molar-refractivity contribution in [2.24, 2.45) is 5.73 Å². The molecule has 2 aromatic rings. The Bertz CT molecular complexity index is 1060. The SMILES string of the molecule is CCCC[C@H]1C(=O)N(CCc2ccc(Cl)c(Cl)c2)[C@H](C)CN1C(=O)C(N)Cc1ccc(Cl)c(Cl)c1. The molecule has 0 bridgehead atoms. The van der Waals surface area contributed by atoms with E-state index in [1.54, 1.807) is 23.1 Å². The van der Waals surface area contributed by atoms with Crippen molar-refractivity contribution in [3.8, 4) is 0 Å². The Morgan fingerprint density at radius 3 is 2.23 bits per heavy atom. The second-order valence-electron chi connectivity index (χ2n) is 9.09. The van der Waals surface area contributed by atoms with Crippen LogP contribution < -0.4 is 5.73 Å². The number of nitrogens with zero attached hydrogens (tertiary/aromatic N) is 2. The predicted octanol–water partition coefficient (Wildman–Crippen LogP) is 6.03. The molecule has 0 aromatic heterocycles. The lowest BCUT2D eigenvalue weighted by molar-refractivity contribution is -0.155. The van der Waals surface area contributed by atoms with Crippen LogP contribution in [0.25, 0.3) is 0 Å². The number of hydrogen-bond acceptors (Lipinski definition) is 3. The predicted molar refractivity (Wildman–Crippen MR) is 145 cm³/mol. The van der Waals surface area contributed by atoms with E-state index in [2.05, 4.69) is 6.92 Å². The molecule has 1 heterocycles. The van der Waals surface area contributed by atoms with Gasteiger partial charge in [-0.3, -0.25) is 9.59 Å². The molecule has 1 aliphatic heterocycles. The zero-order valence-electron chi connectivity index (χ0n) is 19.9. The van der Waals surface area contributed by atoms with Gasteiger partial charge in [-0.1, -0.05) is 78.3 Å². The monoisotopic (exact) mass is 557 g/mol. The molecular formula is C26H31Cl4N3O2. The molecule has 2 amide bonds. The average molecular weight is 559 g/mol. The number of piperazine rings is 1. The van der Waals surface area contributed by atoms with Gasteiger partial charge >= 0.3 is 0 Å². The van der Waals surface area contributed by atoms with Gasteiger partial charge in [0.15, 0.2) is 0 Å². The van der Waals surface area contributed by atoms with Gasteiger partial charge in [0.25, 0.3) is 0 Å². The third-order valence-corrected chi connectivity index (χ3v) is 7.91. The van der Waals surface area contributed by atoms with Gasteiger partial charge in [-0.15, -0.1) is 0 Å². The first-order valence-corrected chi connectivity index (χ1v) is 13.4. The summed E-state index contributed by atoms with van der Waals surface area (Å²) in [6, 6.07) is 9.30. The van der Waals surface area contributed by atoms with Crippen molar-refractivity contribution in [3.63, 3.8) is 0 Å². The third-order valence-electron chi connectivity index (χ3n) is 6.43. The molecule has 1 aliphatic rings. The van der Waals surface area contributed by atoms with Gasteiger partial charge in [0.05, 0.1) is 26.1 Å². The van der Waals surface area contributed by atoms with Gasteiger partial charge in [0.1, 0.15) is 6.04 Å². The quantitative estimate of drug-likeness (QED) is 0.408. The first-order chi connectivity index (χ1) is 16.6. The number of amides is 2. The number of hydrogen-bond donors (Lipinski definition) is 1. The molecule has 190 valence electrons. The molecule has 5 nitrogen and oxygen atoms in total. The van der Waals surface area contributed by atoms with Crippen LogP contribution in [0.5, 0.6) is 0 Å². The summed E-state index contributed by atoms with van der Waals surface area (Å²) in [5, 5.41) is 1.87. The van der Waals surface area contributed by atoms with E-state index in [9.17, 15) is 9.59 Å². The molecule has 2 N–H and O–H groups in total. The summed E-state index contributed by atoms with van der Waals surface area (Å²) in [5.74, 6) is -0.256. The third kappa shape index (κ3) is 7.05. The van der Waals surface area contributed by atoms with Gasteiger partial charge < -0.3 is 15.5 Å². The van der Waals surface area contributed by atoms with Crippen LogP contribution in [-0.2, 0) is 22.4 Å². The van der Waals surface area contributed by atoms with Crippen molar-refractivity contribution in [1.82, 2.24) is 9.80 Å². The fourth-order valence-corrected chi connectivity index (χ4v) is 5.11. The number of benzene rings is 2. The molecule has 0 aliphatic carbocycles. The number of carbonyl (C=O) groups excluding carboxylic acids is 2. The van der Waals surface area contributed by atoms with E-state index in [0.717, 1.165) is 24.0 Å². The van der Waals surface area contributed by atoms with E-state index < -0.39 is 12.1 Å². The first kappa shape index (κ1) is 28.1. The Morgan fingerprint density at radius 1 is 1.03 bits per heavy atom. The second-order valence-corrected chi connectivity index (χ2v) is 10.7. The van der Waals surface area contributed by atoms with E-state index in [4.69, 9.17) is 52.1 Å². The van der Waals surface area contributed by atoms with E-state index in [-0.39, 0.29) is 17.9 Å². The highest BCUT2D eigenvalue weighted by atomic mass is 35.5. The van der Waals surface area contributed by atoms with Crippen molar-refractivity contribution < 1.29 is 9.59 Å². The average Bonchev–Trinajstić information content (AvgIpc) is 2.82. The molecule has 9 heteroatoms. The molecule has 0 radical (unpaired) electrons. The summed E-state index contributed by atoms with van der Waals surface area (Å²) in [7, 11) is 0. The number of carbonyl (C=O) groups is 2. The fraction of sp³-hybridized carbons (Fsp3) is 0.462. The van der Waals surface area contributed by atoms with Crippen LogP contribution in [0.4, 0.5) is 0 Å². The standard InChI is InChI=1S/C26H31Cl4N3O2/c1-3-4-5-24-26(35)32(11-10-17-6-8-19(27)21(29)12-17)16(2)15-33(24)25(34)23(31)14-18-7-9-20(28)22(30)13-18/h6-9,12-13,16,23-24H,3-5,10-11,14-15,31H2,1-2H3/t16-,23?,24+/m1/s1. The van der Waals surface area contributed by atoms with Gasteiger partial charge in [-0.2, -0.15) is 0 Å². The van der Waals surface area contributed by atoms with Gasteiger partial charge in [0, 0.05) is 19.1 Å². The number of rotatable bonds is 9. The molecule has 3 rings (SSSR count). The molecule has 3 atom stereocenters. The maximum atomic E-state index is 13.6. The maximum Gasteiger partial charge on any atom is 0.245 e. The Balaban J connectivity index is 1.73. The second kappa shape index (κ2) is 12.6. The molecular weight excluding hydrogens is 528 g/mol. The summed E-state index contributed by atoms with van der Waals surface area (Å²) in [4.78, 5) is 30.5. The highest BCUT2D eigenvalue weighted by molar-refractivity contribution is 6.42.